The van der Waals surface area contributed by atoms with Crippen LogP contribution in [0, 0.1) is 0 Å². The van der Waals surface area contributed by atoms with Crippen LogP contribution in [-0.2, 0) is 11.2 Å². The van der Waals surface area contributed by atoms with Crippen molar-refractivity contribution in [2.75, 3.05) is 33.9 Å². The molecule has 7 nitrogen and oxygen atoms in total. The van der Waals surface area contributed by atoms with Gasteiger partial charge in [-0.05, 0) is 30.2 Å². The molecule has 7 heteroatoms. The van der Waals surface area contributed by atoms with Crippen molar-refractivity contribution in [3.8, 4) is 5.69 Å². The largest absolute Gasteiger partial charge is 0.389 e. The predicted molar refractivity (Wildman–Crippen MR) is 91.2 cm³/mol. The topological polar surface area (TPSA) is 79.6 Å². The van der Waals surface area contributed by atoms with E-state index in [1.54, 1.807) is 17.9 Å². The molecule has 2 aromatic rings. The van der Waals surface area contributed by atoms with Crippen molar-refractivity contribution in [3.63, 3.8) is 0 Å². The summed E-state index contributed by atoms with van der Waals surface area (Å²) in [6, 6.07) is 9.71. The van der Waals surface area contributed by atoms with Crippen LogP contribution in [0.1, 0.15) is 5.56 Å². The molecule has 1 aromatic heterocycles. The lowest BCUT2D eigenvalue weighted by atomic mass is 10.1. The maximum atomic E-state index is 11.9. The minimum Gasteiger partial charge on any atom is -0.389 e. The smallest absolute Gasteiger partial charge is 0.317 e. The number of aliphatic hydroxyl groups excluding tert-OH is 1. The summed E-state index contributed by atoms with van der Waals surface area (Å²) in [5.74, 6) is 0. The van der Waals surface area contributed by atoms with Crippen molar-refractivity contribution in [3.05, 3.63) is 48.3 Å². The predicted octanol–water partition coefficient (Wildman–Crippen LogP) is 1.06. The van der Waals surface area contributed by atoms with Gasteiger partial charge >= 0.3 is 6.03 Å². The number of urea groups is 1. The van der Waals surface area contributed by atoms with Gasteiger partial charge in [0.1, 0.15) is 0 Å². The quantitative estimate of drug-likeness (QED) is 0.758. The van der Waals surface area contributed by atoms with Gasteiger partial charge in [0.25, 0.3) is 0 Å². The number of hydrogen-bond donors (Lipinski definition) is 2. The number of benzene rings is 1. The van der Waals surface area contributed by atoms with Crippen molar-refractivity contribution in [1.29, 1.82) is 0 Å². The second-order valence-electron chi connectivity index (χ2n) is 5.59. The first kappa shape index (κ1) is 18.0. The maximum Gasteiger partial charge on any atom is 0.317 e. The van der Waals surface area contributed by atoms with Gasteiger partial charge in [0, 0.05) is 33.1 Å². The molecule has 0 fully saturated rings. The molecule has 0 aliphatic heterocycles. The van der Waals surface area contributed by atoms with Gasteiger partial charge in [0.15, 0.2) is 0 Å². The summed E-state index contributed by atoms with van der Waals surface area (Å²) in [5, 5.41) is 16.6. The summed E-state index contributed by atoms with van der Waals surface area (Å²) in [6.07, 6.45) is 3.69. The van der Waals surface area contributed by atoms with Crippen LogP contribution in [0.3, 0.4) is 0 Å². The van der Waals surface area contributed by atoms with Gasteiger partial charge in [-0.1, -0.05) is 12.1 Å². The number of methoxy groups -OCH3 is 1. The van der Waals surface area contributed by atoms with Gasteiger partial charge < -0.3 is 20.1 Å². The minimum atomic E-state index is -0.680. The van der Waals surface area contributed by atoms with Crippen LogP contribution < -0.4 is 5.32 Å². The van der Waals surface area contributed by atoms with Gasteiger partial charge in [-0.2, -0.15) is 5.10 Å². The van der Waals surface area contributed by atoms with Crippen molar-refractivity contribution < 1.29 is 14.6 Å². The summed E-state index contributed by atoms with van der Waals surface area (Å²) in [4.78, 5) is 13.4. The van der Waals surface area contributed by atoms with E-state index in [0.29, 0.717) is 6.54 Å². The van der Waals surface area contributed by atoms with E-state index in [2.05, 4.69) is 10.4 Å². The number of aliphatic hydroxyl groups is 1. The first-order valence-corrected chi connectivity index (χ1v) is 7.85. The van der Waals surface area contributed by atoms with E-state index in [1.165, 1.54) is 12.0 Å². The van der Waals surface area contributed by atoms with Gasteiger partial charge in [0.05, 0.1) is 24.9 Å². The van der Waals surface area contributed by atoms with E-state index < -0.39 is 6.10 Å². The molecule has 0 spiro atoms. The highest BCUT2D eigenvalue weighted by Crippen LogP contribution is 2.08. The lowest BCUT2D eigenvalue weighted by Gasteiger charge is -2.20. The summed E-state index contributed by atoms with van der Waals surface area (Å²) in [7, 11) is 3.16. The van der Waals surface area contributed by atoms with Crippen LogP contribution in [-0.4, -0.2) is 65.8 Å². The first-order chi connectivity index (χ1) is 11.6. The molecule has 0 saturated heterocycles. The first-order valence-electron chi connectivity index (χ1n) is 7.85. The molecular weight excluding hydrogens is 308 g/mol. The highest BCUT2D eigenvalue weighted by Gasteiger charge is 2.12. The van der Waals surface area contributed by atoms with Crippen LogP contribution in [0.5, 0.6) is 0 Å². The minimum absolute atomic E-state index is 0.209. The summed E-state index contributed by atoms with van der Waals surface area (Å²) < 4.78 is 6.64. The van der Waals surface area contributed by atoms with E-state index >= 15 is 0 Å². The third kappa shape index (κ3) is 5.36. The fraction of sp³-hybridized carbons (Fsp3) is 0.412. The Morgan fingerprint density at radius 2 is 2.17 bits per heavy atom. The normalized spacial score (nSPS) is 12.0. The summed E-state index contributed by atoms with van der Waals surface area (Å²) in [6.45, 7) is 0.975. The van der Waals surface area contributed by atoms with Crippen LogP contribution in [0.4, 0.5) is 4.79 Å². The maximum absolute atomic E-state index is 11.9. The Morgan fingerprint density at radius 3 is 2.79 bits per heavy atom. The Morgan fingerprint density at radius 1 is 1.42 bits per heavy atom. The lowest BCUT2D eigenvalue weighted by molar-refractivity contribution is 0.0490. The summed E-state index contributed by atoms with van der Waals surface area (Å²) in [5.41, 5.74) is 2.13. The zero-order valence-corrected chi connectivity index (χ0v) is 14.1. The number of rotatable bonds is 8. The van der Waals surface area contributed by atoms with Crippen LogP contribution in [0.2, 0.25) is 0 Å². The number of ether oxygens (including phenoxy) is 1. The second kappa shape index (κ2) is 9.05. The highest BCUT2D eigenvalue weighted by molar-refractivity contribution is 5.73. The van der Waals surface area contributed by atoms with Crippen LogP contribution >= 0.6 is 0 Å². The molecule has 0 saturated carbocycles. The Balaban J connectivity index is 1.74. The van der Waals surface area contributed by atoms with Crippen LogP contribution in [0.15, 0.2) is 42.7 Å². The zero-order chi connectivity index (χ0) is 17.4. The monoisotopic (exact) mass is 332 g/mol. The Kier molecular flexibility index (Phi) is 6.77. The molecule has 2 rings (SSSR count). The van der Waals surface area contributed by atoms with Crippen molar-refractivity contribution in [1.82, 2.24) is 20.0 Å². The van der Waals surface area contributed by atoms with Crippen molar-refractivity contribution in [2.45, 2.75) is 12.5 Å². The zero-order valence-electron chi connectivity index (χ0n) is 14.1. The molecule has 130 valence electrons. The molecule has 2 N–H and O–H groups in total. The molecule has 1 heterocycles. The molecular formula is C17H24N4O3. The third-order valence-electron chi connectivity index (χ3n) is 3.59. The average Bonchev–Trinajstić information content (AvgIpc) is 3.10. The molecule has 0 unspecified atom stereocenters. The van der Waals surface area contributed by atoms with Crippen LogP contribution in [0.25, 0.3) is 5.69 Å². The van der Waals surface area contributed by atoms with E-state index in [-0.39, 0.29) is 19.2 Å². The van der Waals surface area contributed by atoms with E-state index in [4.69, 9.17) is 4.74 Å². The van der Waals surface area contributed by atoms with E-state index in [0.717, 1.165) is 17.7 Å². The number of amides is 2. The summed E-state index contributed by atoms with van der Waals surface area (Å²) >= 11 is 0. The molecule has 0 aliphatic rings. The Labute approximate surface area is 141 Å². The SMILES string of the molecule is COC[C@H](O)CN(C)C(=O)NCCc1ccc(-n2cccn2)cc1. The fourth-order valence-electron chi connectivity index (χ4n) is 2.33. The molecule has 24 heavy (non-hydrogen) atoms. The number of nitrogens with zero attached hydrogens (tertiary/aromatic N) is 3. The number of aromatic nitrogens is 2. The average molecular weight is 332 g/mol. The van der Waals surface area contributed by atoms with E-state index in [1.807, 2.05) is 36.5 Å². The second-order valence-corrected chi connectivity index (χ2v) is 5.59. The Hall–Kier alpha value is -2.38. The van der Waals surface area contributed by atoms with Crippen molar-refractivity contribution in [2.24, 2.45) is 0 Å². The number of likely N-dealkylation sites (N-methyl/N-ethyl adjacent to an activating group) is 1. The van der Waals surface area contributed by atoms with Crippen molar-refractivity contribution >= 4 is 6.03 Å². The molecule has 1 aromatic carbocycles. The van der Waals surface area contributed by atoms with E-state index in [9.17, 15) is 9.90 Å². The molecule has 1 atom stereocenters. The van der Waals surface area contributed by atoms with Gasteiger partial charge in [-0.3, -0.25) is 0 Å². The molecule has 0 aliphatic carbocycles. The number of carbonyl (C=O) groups excluding carboxylic acids is 1. The number of hydrogen-bond acceptors (Lipinski definition) is 4. The highest BCUT2D eigenvalue weighted by atomic mass is 16.5. The fourth-order valence-corrected chi connectivity index (χ4v) is 2.33. The standard InChI is InChI=1S/C17H24N4O3/c1-20(12-16(22)13-24-2)17(23)18-10-8-14-4-6-15(7-5-14)21-11-3-9-19-21/h3-7,9,11,16,22H,8,10,12-13H2,1-2H3,(H,18,23)/t16-/m1/s1. The number of carbonyl (C=O) groups is 1. The molecule has 0 bridgehead atoms. The lowest BCUT2D eigenvalue weighted by Crippen LogP contribution is -2.42. The van der Waals surface area contributed by atoms with Gasteiger partial charge in [-0.15, -0.1) is 0 Å². The van der Waals surface area contributed by atoms with Gasteiger partial charge in [-0.25, -0.2) is 9.48 Å². The number of nitrogens with one attached hydrogen (secondary N) is 1. The molecule has 2 amide bonds. The third-order valence-corrected chi connectivity index (χ3v) is 3.59. The van der Waals surface area contributed by atoms with Gasteiger partial charge in [0.2, 0.25) is 0 Å². The Bertz CT molecular complexity index is 613. The molecule has 0 radical (unpaired) electrons.